The maximum atomic E-state index is 12.1. The predicted molar refractivity (Wildman–Crippen MR) is 156 cm³/mol. The Kier molecular flexibility index (Phi) is 24.1. The summed E-state index contributed by atoms with van der Waals surface area (Å²) in [6, 6.07) is 29.2. The van der Waals surface area contributed by atoms with Gasteiger partial charge < -0.3 is 9.11 Å². The average Bonchev–Trinajstić information content (AvgIpc) is 3.06. The molecule has 0 bridgehead atoms. The zero-order valence-electron chi connectivity index (χ0n) is 25.4. The molecule has 0 aliphatic carbocycles. The van der Waals surface area contributed by atoms with Gasteiger partial charge in [-0.2, -0.15) is 47.4 Å². The molecule has 10 nitrogen and oxygen atoms in total. The molecule has 0 saturated heterocycles. The van der Waals surface area contributed by atoms with Crippen LogP contribution in [-0.4, -0.2) is 37.0 Å². The number of hydrogen-bond acceptors (Lipinski definition) is 10. The van der Waals surface area contributed by atoms with Gasteiger partial charge in [-0.05, 0) is 97.1 Å². The molecular formula is C30H16F10N4NiO6S2. The standard InChI is InChI=1S/4C7H4FN.2CHF3O3S.Ni/c4*8-7-3-1-6(5-9)2-4-7;2*2-1(3,4)8(5,6)7;/h4*1-4H;2*(H,5,6,7);/q;;;;;;+2/p-2. The van der Waals surface area contributed by atoms with Crippen molar-refractivity contribution < 1.29 is 86.3 Å². The van der Waals surface area contributed by atoms with Crippen molar-refractivity contribution in [2.75, 3.05) is 0 Å². The van der Waals surface area contributed by atoms with Gasteiger partial charge in [-0.1, -0.05) is 0 Å². The van der Waals surface area contributed by atoms with E-state index in [1.54, 1.807) is 0 Å². The van der Waals surface area contributed by atoms with Gasteiger partial charge in [0, 0.05) is 0 Å². The number of alkyl halides is 6. The minimum Gasteiger partial charge on any atom is -0.741 e. The molecule has 4 rings (SSSR count). The van der Waals surface area contributed by atoms with Crippen molar-refractivity contribution in [3.63, 3.8) is 0 Å². The van der Waals surface area contributed by atoms with E-state index in [4.69, 9.17) is 47.0 Å². The molecule has 23 heteroatoms. The fourth-order valence-corrected chi connectivity index (χ4v) is 2.10. The zero-order valence-corrected chi connectivity index (χ0v) is 28.0. The maximum absolute atomic E-state index is 12.1. The van der Waals surface area contributed by atoms with Gasteiger partial charge in [0.05, 0.1) is 46.5 Å². The third kappa shape index (κ3) is 25.1. The molecule has 4 aromatic carbocycles. The SMILES string of the molecule is N#Cc1ccc(F)cc1.N#Cc1ccc(F)cc1.N#Cc1ccc(F)cc1.N#Cc1ccc(F)cc1.O=S(=O)([O-])C(F)(F)F.O=S(=O)([O-])C(F)(F)F.[Ni+2]. The Labute approximate surface area is 304 Å². The molecule has 53 heavy (non-hydrogen) atoms. The van der Waals surface area contributed by atoms with Crippen molar-refractivity contribution in [2.45, 2.75) is 11.0 Å². The Morgan fingerprint density at radius 3 is 0.585 bits per heavy atom. The number of hydrogen-bond donors (Lipinski definition) is 0. The number of halogens is 10. The summed E-state index contributed by atoms with van der Waals surface area (Å²) < 4.78 is 166. The Bertz CT molecular complexity index is 1810. The first-order valence-electron chi connectivity index (χ1n) is 12.5. The Balaban J connectivity index is -0.000000565. The van der Waals surface area contributed by atoms with Gasteiger partial charge >= 0.3 is 27.5 Å². The van der Waals surface area contributed by atoms with E-state index in [-0.39, 0.29) is 39.8 Å². The van der Waals surface area contributed by atoms with Crippen molar-refractivity contribution in [2.24, 2.45) is 0 Å². The summed E-state index contributed by atoms with van der Waals surface area (Å²) in [5.74, 6) is -1.24. The fraction of sp³-hybridized carbons (Fsp3) is 0.0667. The van der Waals surface area contributed by atoms with Gasteiger partial charge in [-0.15, -0.1) is 0 Å². The van der Waals surface area contributed by atoms with E-state index in [0.29, 0.717) is 22.3 Å². The van der Waals surface area contributed by atoms with Crippen molar-refractivity contribution in [3.05, 3.63) is 143 Å². The van der Waals surface area contributed by atoms with Crippen LogP contribution in [0.3, 0.4) is 0 Å². The molecule has 0 unspecified atom stereocenters. The molecule has 0 amide bonds. The molecule has 0 aliphatic rings. The Hall–Kier alpha value is -5.55. The van der Waals surface area contributed by atoms with Crippen LogP contribution in [0.15, 0.2) is 97.1 Å². The van der Waals surface area contributed by atoms with Crippen molar-refractivity contribution in [1.82, 2.24) is 0 Å². The molecule has 0 fully saturated rings. The molecular weight excluding hydrogens is 825 g/mol. The molecule has 0 N–H and O–H groups in total. The second-order valence-corrected chi connectivity index (χ2v) is 11.0. The predicted octanol–water partition coefficient (Wildman–Crippen LogP) is 6.89. The molecule has 4 aromatic rings. The van der Waals surface area contributed by atoms with E-state index >= 15 is 0 Å². The molecule has 0 atom stereocenters. The molecule has 0 saturated carbocycles. The molecule has 284 valence electrons. The van der Waals surface area contributed by atoms with E-state index in [2.05, 4.69) is 0 Å². The first-order valence-corrected chi connectivity index (χ1v) is 15.3. The minimum absolute atomic E-state index is 0. The Morgan fingerprint density at radius 1 is 0.396 bits per heavy atom. The van der Waals surface area contributed by atoms with Crippen molar-refractivity contribution in [3.8, 4) is 24.3 Å². The third-order valence-electron chi connectivity index (χ3n) is 4.46. The summed E-state index contributed by atoms with van der Waals surface area (Å²) >= 11 is 0. The number of rotatable bonds is 0. The molecule has 0 aromatic heterocycles. The first-order chi connectivity index (χ1) is 23.8. The number of nitrogens with zero attached hydrogens (tertiary/aromatic N) is 4. The summed E-state index contributed by atoms with van der Waals surface area (Å²) in [5, 5.41) is 33.0. The smallest absolute Gasteiger partial charge is 0.741 e. The topological polar surface area (TPSA) is 210 Å². The normalized spacial score (nSPS) is 9.96. The molecule has 0 radical (unpaired) electrons. The largest absolute Gasteiger partial charge is 2.00 e. The van der Waals surface area contributed by atoms with Crippen LogP contribution in [0.2, 0.25) is 0 Å². The van der Waals surface area contributed by atoms with Crippen molar-refractivity contribution in [1.29, 1.82) is 21.0 Å². The average molecular weight is 841 g/mol. The Morgan fingerprint density at radius 2 is 0.509 bits per heavy atom. The van der Waals surface area contributed by atoms with Gasteiger partial charge in [-0.25, -0.2) is 34.4 Å². The summed E-state index contributed by atoms with van der Waals surface area (Å²) in [6.07, 6.45) is 0. The number of benzene rings is 4. The van der Waals surface area contributed by atoms with Gasteiger partial charge in [0.2, 0.25) is 0 Å². The fourth-order valence-electron chi connectivity index (χ4n) is 2.10. The second kappa shape index (κ2) is 24.6. The molecule has 0 heterocycles. The van der Waals surface area contributed by atoms with Crippen LogP contribution in [-0.2, 0) is 36.7 Å². The first kappa shape index (κ1) is 51.8. The van der Waals surface area contributed by atoms with Crippen LogP contribution in [0.4, 0.5) is 43.9 Å². The number of nitriles is 4. The van der Waals surface area contributed by atoms with Gasteiger partial charge in [0.25, 0.3) is 0 Å². The van der Waals surface area contributed by atoms with Gasteiger partial charge in [-0.3, -0.25) is 0 Å². The summed E-state index contributed by atoms with van der Waals surface area (Å²) in [5.41, 5.74) is -9.36. The van der Waals surface area contributed by atoms with E-state index in [0.717, 1.165) is 0 Å². The summed E-state index contributed by atoms with van der Waals surface area (Å²) in [6.45, 7) is 0. The van der Waals surface area contributed by atoms with Gasteiger partial charge in [0.1, 0.15) is 23.3 Å². The van der Waals surface area contributed by atoms with Crippen LogP contribution in [0.25, 0.3) is 0 Å². The van der Waals surface area contributed by atoms with Crippen molar-refractivity contribution >= 4 is 20.2 Å². The van der Waals surface area contributed by atoms with E-state index in [9.17, 15) is 43.9 Å². The van der Waals surface area contributed by atoms with Gasteiger partial charge in [0.15, 0.2) is 20.2 Å². The van der Waals surface area contributed by atoms with E-state index in [1.807, 2.05) is 24.3 Å². The minimum atomic E-state index is -6.09. The summed E-state index contributed by atoms with van der Waals surface area (Å²) in [7, 11) is -12.2. The quantitative estimate of drug-likeness (QED) is 0.0775. The maximum Gasteiger partial charge on any atom is 2.00 e. The second-order valence-electron chi connectivity index (χ2n) is 8.27. The molecule has 0 aliphatic heterocycles. The zero-order chi connectivity index (χ0) is 40.8. The van der Waals surface area contributed by atoms with Crippen LogP contribution in [0, 0.1) is 68.6 Å². The summed E-state index contributed by atoms with van der Waals surface area (Å²) in [4.78, 5) is 0. The molecule has 0 spiro atoms. The monoisotopic (exact) mass is 840 g/mol. The van der Waals surface area contributed by atoms with E-state index < -0.39 is 31.3 Å². The van der Waals surface area contributed by atoms with Crippen LogP contribution >= 0.6 is 0 Å². The third-order valence-corrected chi connectivity index (χ3v) is 5.59. The van der Waals surface area contributed by atoms with Crippen LogP contribution in [0.5, 0.6) is 0 Å². The van der Waals surface area contributed by atoms with Crippen LogP contribution in [0.1, 0.15) is 22.3 Å². The van der Waals surface area contributed by atoms with E-state index in [1.165, 1.54) is 97.1 Å². The van der Waals surface area contributed by atoms with Crippen LogP contribution < -0.4 is 0 Å².